The number of hydrogen-bond acceptors (Lipinski definition) is 4. The Labute approximate surface area is 217 Å². The molecule has 0 saturated carbocycles. The third kappa shape index (κ3) is 5.93. The van der Waals surface area contributed by atoms with Crippen LogP contribution in [0.25, 0.3) is 22.4 Å². The molecule has 1 aromatic heterocycles. The molecule has 35 heavy (non-hydrogen) atoms. The molecule has 0 aliphatic heterocycles. The number of carbonyl (C=O) groups is 1. The largest absolute Gasteiger partial charge is 0.475 e. The highest BCUT2D eigenvalue weighted by atomic mass is 35.5. The maximum Gasteiger partial charge on any atom is 0.251 e. The minimum absolute atomic E-state index is 0.119. The molecule has 174 valence electrons. The van der Waals surface area contributed by atoms with Gasteiger partial charge in [-0.2, -0.15) is 5.26 Å². The molecule has 0 aliphatic carbocycles. The second-order valence-electron chi connectivity index (χ2n) is 7.45. The summed E-state index contributed by atoms with van der Waals surface area (Å²) in [5.74, 6) is -0.0745. The van der Waals surface area contributed by atoms with E-state index in [9.17, 15) is 10.1 Å². The van der Waals surface area contributed by atoms with Gasteiger partial charge >= 0.3 is 0 Å². The van der Waals surface area contributed by atoms with Gasteiger partial charge in [0.15, 0.2) is 0 Å². The third-order valence-electron chi connectivity index (χ3n) is 5.11. The Kier molecular flexibility index (Phi) is 7.89. The van der Waals surface area contributed by atoms with Gasteiger partial charge in [-0.1, -0.05) is 65.1 Å². The van der Waals surface area contributed by atoms with Crippen molar-refractivity contribution in [2.24, 2.45) is 0 Å². The van der Waals surface area contributed by atoms with Crippen molar-refractivity contribution < 1.29 is 9.53 Å². The number of benzene rings is 3. The summed E-state index contributed by atoms with van der Waals surface area (Å²) in [7, 11) is 0. The van der Waals surface area contributed by atoms with Crippen LogP contribution in [-0.4, -0.2) is 24.0 Å². The topological polar surface area (TPSA) is 75.0 Å². The van der Waals surface area contributed by atoms with Crippen molar-refractivity contribution in [3.05, 3.63) is 105 Å². The van der Waals surface area contributed by atoms with Crippen LogP contribution in [0.5, 0.6) is 5.88 Å². The predicted molar refractivity (Wildman–Crippen MR) is 139 cm³/mol. The molecular weight excluding hydrogens is 505 g/mol. The maximum atomic E-state index is 12.2. The summed E-state index contributed by atoms with van der Waals surface area (Å²) in [5, 5.41) is 14.1. The molecule has 0 spiro atoms. The van der Waals surface area contributed by atoms with Crippen LogP contribution in [0.1, 0.15) is 15.9 Å². The molecule has 0 radical (unpaired) electrons. The summed E-state index contributed by atoms with van der Waals surface area (Å²) in [4.78, 5) is 16.9. The van der Waals surface area contributed by atoms with Crippen LogP contribution in [0, 0.1) is 11.3 Å². The van der Waals surface area contributed by atoms with Crippen molar-refractivity contribution >= 4 is 40.7 Å². The number of ether oxygens (including phenoxy) is 1. The van der Waals surface area contributed by atoms with Gasteiger partial charge in [0, 0.05) is 26.7 Å². The number of halogens is 3. The molecule has 0 saturated heterocycles. The zero-order chi connectivity index (χ0) is 24.8. The normalized spacial score (nSPS) is 10.5. The van der Waals surface area contributed by atoms with Gasteiger partial charge in [0.2, 0.25) is 5.88 Å². The molecule has 4 rings (SSSR count). The molecule has 0 fully saturated rings. The van der Waals surface area contributed by atoms with Crippen molar-refractivity contribution in [1.29, 1.82) is 5.26 Å². The Morgan fingerprint density at radius 1 is 0.914 bits per heavy atom. The van der Waals surface area contributed by atoms with E-state index >= 15 is 0 Å². The van der Waals surface area contributed by atoms with E-state index in [4.69, 9.17) is 39.5 Å². The van der Waals surface area contributed by atoms with Crippen molar-refractivity contribution in [3.8, 4) is 34.3 Å². The van der Waals surface area contributed by atoms with E-state index in [1.54, 1.807) is 60.7 Å². The highest BCUT2D eigenvalue weighted by molar-refractivity contribution is 6.36. The molecule has 1 N–H and O–H groups in total. The van der Waals surface area contributed by atoms with Crippen LogP contribution in [-0.2, 0) is 0 Å². The zero-order valence-electron chi connectivity index (χ0n) is 18.3. The van der Waals surface area contributed by atoms with Gasteiger partial charge in [-0.15, -0.1) is 0 Å². The molecule has 0 aliphatic rings. The first-order valence-electron chi connectivity index (χ1n) is 10.6. The van der Waals surface area contributed by atoms with Gasteiger partial charge in [-0.3, -0.25) is 4.79 Å². The number of nitrogens with zero attached hydrogens (tertiary/aromatic N) is 2. The number of carbonyl (C=O) groups excluding carboxylic acids is 1. The van der Waals surface area contributed by atoms with Crippen LogP contribution in [0.3, 0.4) is 0 Å². The summed E-state index contributed by atoms with van der Waals surface area (Å²) in [5.41, 5.74) is 3.45. The lowest BCUT2D eigenvalue weighted by atomic mass is 9.97. The molecule has 0 atom stereocenters. The summed E-state index contributed by atoms with van der Waals surface area (Å²) in [6.45, 7) is 0.352. The molecule has 5 nitrogen and oxygen atoms in total. The number of nitrogens with one attached hydrogen (secondary N) is 1. The fraction of sp³-hybridized carbons (Fsp3) is 0.0741. The second-order valence-corrected chi connectivity index (χ2v) is 8.73. The minimum Gasteiger partial charge on any atom is -0.475 e. The number of aromatic nitrogens is 1. The number of hydrogen-bond donors (Lipinski definition) is 1. The van der Waals surface area contributed by atoms with E-state index in [0.717, 1.165) is 5.56 Å². The lowest BCUT2D eigenvalue weighted by Gasteiger charge is -2.15. The molecular formula is C27H18Cl3N3O2. The lowest BCUT2D eigenvalue weighted by Crippen LogP contribution is -2.28. The monoisotopic (exact) mass is 521 g/mol. The molecule has 3 aromatic carbocycles. The molecule has 1 heterocycles. The van der Waals surface area contributed by atoms with Gasteiger partial charge < -0.3 is 10.1 Å². The van der Waals surface area contributed by atoms with Gasteiger partial charge in [0.25, 0.3) is 5.91 Å². The number of amides is 1. The van der Waals surface area contributed by atoms with Gasteiger partial charge in [-0.05, 0) is 54.1 Å². The van der Waals surface area contributed by atoms with Gasteiger partial charge in [-0.25, -0.2) is 4.98 Å². The molecule has 8 heteroatoms. The van der Waals surface area contributed by atoms with E-state index in [1.807, 2.05) is 18.2 Å². The first-order valence-corrected chi connectivity index (χ1v) is 11.7. The first kappa shape index (κ1) is 24.6. The van der Waals surface area contributed by atoms with Crippen molar-refractivity contribution in [2.75, 3.05) is 13.2 Å². The fourth-order valence-corrected chi connectivity index (χ4v) is 4.05. The van der Waals surface area contributed by atoms with E-state index in [1.165, 1.54) is 0 Å². The zero-order valence-corrected chi connectivity index (χ0v) is 20.5. The number of rotatable bonds is 7. The minimum atomic E-state index is -0.214. The SMILES string of the molecule is N#Cc1cc(-c2ccc(Cl)cc2)c(-c2ccc(Cl)cc2Cl)nc1OCCNC(=O)c1ccccc1. The predicted octanol–water partition coefficient (Wildman–Crippen LogP) is 7.06. The summed E-state index contributed by atoms with van der Waals surface area (Å²) < 4.78 is 5.81. The van der Waals surface area contributed by atoms with E-state index in [-0.39, 0.29) is 30.5 Å². The fourth-order valence-electron chi connectivity index (χ4n) is 3.43. The smallest absolute Gasteiger partial charge is 0.251 e. The van der Waals surface area contributed by atoms with Crippen molar-refractivity contribution in [1.82, 2.24) is 10.3 Å². The number of pyridine rings is 1. The van der Waals surface area contributed by atoms with Crippen LogP contribution < -0.4 is 10.1 Å². The second kappa shape index (κ2) is 11.2. The standard InChI is InChI=1S/C27H18Cl3N3O2/c28-20-8-6-17(7-9-20)23-14-19(16-31)27(33-25(23)22-11-10-21(29)15-24(22)30)35-13-12-32-26(34)18-4-2-1-3-5-18/h1-11,14-15H,12-13H2,(H,32,34). The maximum absolute atomic E-state index is 12.2. The van der Waals surface area contributed by atoms with Crippen LogP contribution in [0.2, 0.25) is 15.1 Å². The van der Waals surface area contributed by atoms with Crippen LogP contribution in [0.15, 0.2) is 78.9 Å². The summed E-state index contributed by atoms with van der Waals surface area (Å²) in [6.07, 6.45) is 0. The molecule has 0 unspecified atom stereocenters. The van der Waals surface area contributed by atoms with Gasteiger partial charge in [0.05, 0.1) is 17.3 Å². The lowest BCUT2D eigenvalue weighted by molar-refractivity contribution is 0.0946. The van der Waals surface area contributed by atoms with Crippen LogP contribution in [0.4, 0.5) is 0 Å². The molecule has 1 amide bonds. The average Bonchev–Trinajstić information content (AvgIpc) is 2.87. The van der Waals surface area contributed by atoms with Gasteiger partial charge in [0.1, 0.15) is 18.2 Å². The Balaban J connectivity index is 1.64. The number of nitriles is 1. The van der Waals surface area contributed by atoms with E-state index in [0.29, 0.717) is 37.5 Å². The Morgan fingerprint density at radius 3 is 2.31 bits per heavy atom. The highest BCUT2D eigenvalue weighted by Crippen LogP contribution is 2.38. The Hall–Kier alpha value is -3.56. The van der Waals surface area contributed by atoms with Crippen molar-refractivity contribution in [3.63, 3.8) is 0 Å². The molecule has 0 bridgehead atoms. The Morgan fingerprint density at radius 2 is 1.63 bits per heavy atom. The quantitative estimate of drug-likeness (QED) is 0.264. The average molecular weight is 523 g/mol. The van der Waals surface area contributed by atoms with Crippen molar-refractivity contribution in [2.45, 2.75) is 0 Å². The van der Waals surface area contributed by atoms with Crippen LogP contribution >= 0.6 is 34.8 Å². The third-order valence-corrected chi connectivity index (χ3v) is 5.91. The first-order chi connectivity index (χ1) is 17.0. The van der Waals surface area contributed by atoms with E-state index in [2.05, 4.69) is 16.4 Å². The highest BCUT2D eigenvalue weighted by Gasteiger charge is 2.18. The summed E-state index contributed by atoms with van der Waals surface area (Å²) >= 11 is 18.6. The Bertz CT molecular complexity index is 1400. The summed E-state index contributed by atoms with van der Waals surface area (Å²) in [6, 6.07) is 25.0. The van der Waals surface area contributed by atoms with E-state index < -0.39 is 0 Å². The molecule has 4 aromatic rings.